The van der Waals surface area contributed by atoms with E-state index in [9.17, 15) is 30.6 Å². The van der Waals surface area contributed by atoms with Crippen molar-refractivity contribution in [1.29, 1.82) is 0 Å². The highest BCUT2D eigenvalue weighted by Crippen LogP contribution is 2.50. The van der Waals surface area contributed by atoms with Crippen LogP contribution in [-0.2, 0) is 45.7 Å². The van der Waals surface area contributed by atoms with Gasteiger partial charge in [-0.3, -0.25) is 0 Å². The van der Waals surface area contributed by atoms with E-state index >= 15 is 0 Å². The summed E-state index contributed by atoms with van der Waals surface area (Å²) in [7, 11) is 0. The summed E-state index contributed by atoms with van der Waals surface area (Å²) in [5.41, 5.74) is -5.33. The average molecular weight is 995 g/mol. The molecule has 18 heteroatoms. The third kappa shape index (κ3) is 9.64. The molecule has 352 valence electrons. The minimum atomic E-state index is -1.43. The number of hydrogen-bond donors (Lipinski definition) is 6. The van der Waals surface area contributed by atoms with Crippen LogP contribution in [0.2, 0.25) is 0 Å². The molecule has 0 radical (unpaired) electrons. The van der Waals surface area contributed by atoms with Gasteiger partial charge in [0.1, 0.15) is 89.0 Å². The van der Waals surface area contributed by atoms with Crippen molar-refractivity contribution in [3.8, 4) is 0 Å². The summed E-state index contributed by atoms with van der Waals surface area (Å²) in [5, 5.41) is 66.9. The third-order valence-corrected chi connectivity index (χ3v) is 16.4. The minimum absolute atomic E-state index is 0.123. The summed E-state index contributed by atoms with van der Waals surface area (Å²) in [4.78, 5) is 0. The maximum Gasteiger partial charge on any atom is 0.172 e. The Morgan fingerprint density at radius 2 is 1.33 bits per heavy atom. The Bertz CT molecular complexity index is 1410. The van der Waals surface area contributed by atoms with Crippen LogP contribution in [0.4, 0.5) is 0 Å². The Kier molecular flexibility index (Phi) is 16.6. The molecule has 60 heavy (non-hydrogen) atoms. The highest BCUT2D eigenvalue weighted by molar-refractivity contribution is 14.1. The molecule has 12 unspecified atom stereocenters. The van der Waals surface area contributed by atoms with Crippen molar-refractivity contribution >= 4 is 34.8 Å². The number of aliphatic hydroxyl groups is 6. The van der Waals surface area contributed by atoms with Crippen LogP contribution < -0.4 is 0 Å². The van der Waals surface area contributed by atoms with E-state index in [1.54, 1.807) is 0 Å². The van der Waals surface area contributed by atoms with Crippen LogP contribution in [-0.4, -0.2) is 175 Å². The second kappa shape index (κ2) is 19.3. The van der Waals surface area contributed by atoms with Gasteiger partial charge in [-0.05, 0) is 75.2 Å². The maximum absolute atomic E-state index is 12.2. The monoisotopic (exact) mass is 994 g/mol. The molecule has 0 bridgehead atoms. The van der Waals surface area contributed by atoms with E-state index in [4.69, 9.17) is 45.7 Å². The Labute approximate surface area is 375 Å². The van der Waals surface area contributed by atoms with Gasteiger partial charge in [0.15, 0.2) is 12.1 Å². The Hall–Kier alpha value is 0.440. The third-order valence-electron chi connectivity index (χ3n) is 14.1. The fourth-order valence-corrected chi connectivity index (χ4v) is 12.5. The standard InChI is InChI=1S/C42H75IO16S/c1-15-41(14,38(8,9)34-27(48)26(47)23(44)17-50-34)58-31-24(45)18-51-35(28(31)49)42(16-2,59-43)39(10,11)55-29-20(5)25(46)37(54-21(29)6)60-33-32-30(56-40(12,13)57-32)22(7)53-36(33)52-19(3)4/h19-37,44-49H,15-18H2,1-14H3/t20?,21?,22?,23-,24-,25+,26?,27?,28?,29-,30+,31?,32?,33?,34-,35-,36-,37?,41?,42?/m1/s1. The molecule has 16 nitrogen and oxygen atoms in total. The molecule has 0 aliphatic carbocycles. The van der Waals surface area contributed by atoms with Crippen LogP contribution in [0.5, 0.6) is 0 Å². The molecule has 6 N–H and O–H groups in total. The second-order valence-electron chi connectivity index (χ2n) is 19.5. The lowest BCUT2D eigenvalue weighted by Gasteiger charge is -2.57. The van der Waals surface area contributed by atoms with E-state index in [1.165, 1.54) is 11.8 Å². The number of ether oxygens (including phenoxy) is 9. The molecule has 5 aliphatic heterocycles. The highest BCUT2D eigenvalue weighted by Gasteiger charge is 2.63. The van der Waals surface area contributed by atoms with Crippen molar-refractivity contribution in [2.75, 3.05) is 13.2 Å². The molecule has 0 spiro atoms. The molecular formula is C42H75IO16S. The number of rotatable bonds is 15. The van der Waals surface area contributed by atoms with Gasteiger partial charge in [0.05, 0.1) is 66.3 Å². The van der Waals surface area contributed by atoms with E-state index in [2.05, 4.69) is 0 Å². The molecule has 5 rings (SSSR count). The van der Waals surface area contributed by atoms with Crippen molar-refractivity contribution in [3.63, 3.8) is 0 Å². The zero-order chi connectivity index (χ0) is 45.1. The van der Waals surface area contributed by atoms with E-state index < -0.39 is 113 Å². The summed E-state index contributed by atoms with van der Waals surface area (Å²) < 4.78 is 64.1. The van der Waals surface area contributed by atoms with Crippen LogP contribution in [0.1, 0.15) is 110 Å². The van der Waals surface area contributed by atoms with Gasteiger partial charge in [-0.1, -0.05) is 34.6 Å². The van der Waals surface area contributed by atoms with Crippen molar-refractivity contribution in [3.05, 3.63) is 0 Å². The molecule has 5 heterocycles. The van der Waals surface area contributed by atoms with Crippen molar-refractivity contribution < 1.29 is 76.3 Å². The first-order chi connectivity index (χ1) is 27.7. The van der Waals surface area contributed by atoms with E-state index in [1.807, 2.05) is 120 Å². The van der Waals surface area contributed by atoms with Crippen molar-refractivity contribution in [1.82, 2.24) is 0 Å². The number of fused-ring (bicyclic) bond motifs is 1. The van der Waals surface area contributed by atoms with Gasteiger partial charge < -0.3 is 76.3 Å². The molecule has 5 fully saturated rings. The second-order valence-corrected chi connectivity index (χ2v) is 21.3. The van der Waals surface area contributed by atoms with Crippen LogP contribution in [0.3, 0.4) is 0 Å². The van der Waals surface area contributed by atoms with Crippen LogP contribution in [0.25, 0.3) is 0 Å². The summed E-state index contributed by atoms with van der Waals surface area (Å²) in [6, 6.07) is 0. The van der Waals surface area contributed by atoms with Gasteiger partial charge in [-0.2, -0.15) is 0 Å². The first kappa shape index (κ1) is 51.4. The number of thioether (sulfide) groups is 1. The normalized spacial score (nSPS) is 44.9. The molecule has 0 aromatic heterocycles. The molecule has 0 saturated carbocycles. The average Bonchev–Trinajstić information content (AvgIpc) is 3.50. The molecule has 0 aromatic rings. The fraction of sp³-hybridized carbons (Fsp3) is 1.00. The largest absolute Gasteiger partial charge is 0.389 e. The summed E-state index contributed by atoms with van der Waals surface area (Å²) in [5.74, 6) is -1.26. The lowest BCUT2D eigenvalue weighted by Crippen LogP contribution is -2.71. The maximum atomic E-state index is 12.2. The minimum Gasteiger partial charge on any atom is -0.389 e. The Balaban J connectivity index is 1.35. The Morgan fingerprint density at radius 1 is 0.733 bits per heavy atom. The predicted octanol–water partition coefficient (Wildman–Crippen LogP) is 3.38. The zero-order valence-corrected chi connectivity index (χ0v) is 40.8. The topological polar surface area (TPSA) is 214 Å². The van der Waals surface area contributed by atoms with E-state index in [-0.39, 0.29) is 42.9 Å². The van der Waals surface area contributed by atoms with Crippen LogP contribution in [0, 0.1) is 11.3 Å². The van der Waals surface area contributed by atoms with Gasteiger partial charge in [-0.15, -0.1) is 11.8 Å². The lowest BCUT2D eigenvalue weighted by atomic mass is 9.67. The SMILES string of the molecule is CCC(C)(OC1C(O)[C@H](C(CC)(OI)C(C)(C)O[C@H]2C(C)OC(SC3C4OC(C)(C)O[C@H]4C(C)O[C@H]3OC(C)C)[C@@H](O)C2C)OC[C@H]1O)C(C)(C)[C@@H]1OC[C@@H](O)C(O)C1O. The molecule has 0 aromatic carbocycles. The number of aliphatic hydroxyl groups excluding tert-OH is 6. The molecule has 0 amide bonds. The lowest BCUT2D eigenvalue weighted by molar-refractivity contribution is -0.316. The fourth-order valence-electron chi connectivity index (χ4n) is 9.87. The first-order valence-electron chi connectivity index (χ1n) is 21.7. The quantitative estimate of drug-likeness (QED) is 0.130. The zero-order valence-electron chi connectivity index (χ0n) is 37.9. The van der Waals surface area contributed by atoms with Crippen molar-refractivity contribution in [2.24, 2.45) is 11.3 Å². The van der Waals surface area contributed by atoms with Gasteiger partial charge in [0, 0.05) is 11.3 Å². The molecule has 5 aliphatic rings. The summed E-state index contributed by atoms with van der Waals surface area (Å²) >= 11 is 3.23. The van der Waals surface area contributed by atoms with Crippen LogP contribution in [0.15, 0.2) is 0 Å². The van der Waals surface area contributed by atoms with E-state index in [0.717, 1.165) is 0 Å². The summed E-state index contributed by atoms with van der Waals surface area (Å²) in [6.07, 6.45) is -13.1. The van der Waals surface area contributed by atoms with Gasteiger partial charge in [0.25, 0.3) is 0 Å². The Morgan fingerprint density at radius 3 is 1.92 bits per heavy atom. The molecular weight excluding hydrogens is 919 g/mol. The van der Waals surface area contributed by atoms with Gasteiger partial charge >= 0.3 is 0 Å². The van der Waals surface area contributed by atoms with Crippen LogP contribution >= 0.6 is 34.8 Å². The van der Waals surface area contributed by atoms with Crippen molar-refractivity contribution in [2.45, 2.75) is 241 Å². The van der Waals surface area contributed by atoms with Gasteiger partial charge in [-0.25, -0.2) is 0 Å². The molecule has 5 saturated heterocycles. The van der Waals surface area contributed by atoms with E-state index in [0.29, 0.717) is 12.8 Å². The highest BCUT2D eigenvalue weighted by atomic mass is 127. The first-order valence-corrected chi connectivity index (χ1v) is 23.5. The molecule has 20 atom stereocenters. The van der Waals surface area contributed by atoms with Gasteiger partial charge in [0.2, 0.25) is 0 Å². The number of halogens is 1. The smallest absolute Gasteiger partial charge is 0.172 e. The predicted molar refractivity (Wildman–Crippen MR) is 229 cm³/mol. The number of hydrogen-bond acceptors (Lipinski definition) is 17. The summed E-state index contributed by atoms with van der Waals surface area (Å²) in [6.45, 7) is 26.0.